The van der Waals surface area contributed by atoms with Crippen LogP contribution in [0.4, 0.5) is 13.2 Å². The summed E-state index contributed by atoms with van der Waals surface area (Å²) in [5.74, 6) is 0. The molecule has 2 unspecified atom stereocenters. The molecule has 2 saturated heterocycles. The highest BCUT2D eigenvalue weighted by atomic mass is 19.4. The van der Waals surface area contributed by atoms with Crippen LogP contribution in [0.25, 0.3) is 0 Å². The Morgan fingerprint density at radius 1 is 1.12 bits per heavy atom. The summed E-state index contributed by atoms with van der Waals surface area (Å²) in [6, 6.07) is 0.747. The van der Waals surface area contributed by atoms with Crippen LogP contribution in [0.1, 0.15) is 38.5 Å². The number of rotatable bonds is 3. The molecule has 2 aliphatic rings. The summed E-state index contributed by atoms with van der Waals surface area (Å²) < 4.78 is 36.8. The smallest absolute Gasteiger partial charge is 0.312 e. The highest BCUT2D eigenvalue weighted by Gasteiger charge is 2.34. The van der Waals surface area contributed by atoms with Gasteiger partial charge in [0.1, 0.15) is 0 Å². The Balaban J connectivity index is 1.87. The quantitative estimate of drug-likeness (QED) is 0.828. The summed E-state index contributed by atoms with van der Waals surface area (Å²) in [6.07, 6.45) is 0.838. The molecule has 1 N–H and O–H groups in total. The molecule has 2 fully saturated rings. The van der Waals surface area contributed by atoms with Crippen molar-refractivity contribution in [1.29, 1.82) is 0 Å². The van der Waals surface area contributed by atoms with Crippen molar-refractivity contribution in [3.8, 4) is 0 Å². The minimum atomic E-state index is -4.02. The Hall–Kier alpha value is -0.290. The van der Waals surface area contributed by atoms with E-state index in [4.69, 9.17) is 0 Å². The van der Waals surface area contributed by atoms with Gasteiger partial charge in [0, 0.05) is 18.6 Å². The molecular formula is C12H21F3N2. The first-order chi connectivity index (χ1) is 8.06. The standard InChI is InChI=1S/C12H21F3N2/c13-12(14,15)6-9-17-8-2-1-5-11(17)10-4-3-7-16-10/h10-11,16H,1-9H2. The predicted octanol–water partition coefficient (Wildman–Crippen LogP) is 2.55. The summed E-state index contributed by atoms with van der Waals surface area (Å²) in [7, 11) is 0. The van der Waals surface area contributed by atoms with Crippen LogP contribution in [0.2, 0.25) is 0 Å². The van der Waals surface area contributed by atoms with E-state index in [9.17, 15) is 13.2 Å². The number of likely N-dealkylation sites (tertiary alicyclic amines) is 1. The molecule has 5 heteroatoms. The molecule has 2 nitrogen and oxygen atoms in total. The van der Waals surface area contributed by atoms with E-state index in [1.54, 1.807) is 0 Å². The molecule has 2 aliphatic heterocycles. The number of alkyl halides is 3. The number of piperidine rings is 1. The fraction of sp³-hybridized carbons (Fsp3) is 1.00. The molecule has 0 aromatic heterocycles. The maximum absolute atomic E-state index is 12.3. The Kier molecular flexibility index (Phi) is 4.31. The zero-order chi connectivity index (χ0) is 12.3. The van der Waals surface area contributed by atoms with Gasteiger partial charge in [-0.1, -0.05) is 6.42 Å². The second kappa shape index (κ2) is 5.57. The van der Waals surface area contributed by atoms with Crippen LogP contribution in [-0.2, 0) is 0 Å². The van der Waals surface area contributed by atoms with Gasteiger partial charge in [0.25, 0.3) is 0 Å². The Morgan fingerprint density at radius 3 is 2.59 bits per heavy atom. The first-order valence-corrected chi connectivity index (χ1v) is 6.60. The molecule has 0 radical (unpaired) electrons. The SMILES string of the molecule is FC(F)(F)CCN1CCCCC1C1CCCN1. The predicted molar refractivity (Wildman–Crippen MR) is 60.9 cm³/mol. The van der Waals surface area contributed by atoms with Crippen LogP contribution >= 0.6 is 0 Å². The number of halogens is 3. The highest BCUT2D eigenvalue weighted by molar-refractivity contribution is 4.90. The molecule has 0 saturated carbocycles. The second-order valence-electron chi connectivity index (χ2n) is 5.17. The van der Waals surface area contributed by atoms with E-state index in [-0.39, 0.29) is 6.54 Å². The lowest BCUT2D eigenvalue weighted by atomic mass is 9.94. The molecule has 2 rings (SSSR count). The molecule has 0 amide bonds. The average molecular weight is 250 g/mol. The highest BCUT2D eigenvalue weighted by Crippen LogP contribution is 2.27. The third-order valence-electron chi connectivity index (χ3n) is 3.91. The molecule has 17 heavy (non-hydrogen) atoms. The van der Waals surface area contributed by atoms with Crippen LogP contribution in [-0.4, -0.2) is 42.8 Å². The zero-order valence-electron chi connectivity index (χ0n) is 10.1. The van der Waals surface area contributed by atoms with E-state index < -0.39 is 12.6 Å². The van der Waals surface area contributed by atoms with Crippen molar-refractivity contribution in [2.75, 3.05) is 19.6 Å². The van der Waals surface area contributed by atoms with Gasteiger partial charge < -0.3 is 5.32 Å². The van der Waals surface area contributed by atoms with Crippen LogP contribution in [0.3, 0.4) is 0 Å². The lowest BCUT2D eigenvalue weighted by Crippen LogP contribution is -2.50. The third-order valence-corrected chi connectivity index (χ3v) is 3.91. The van der Waals surface area contributed by atoms with Gasteiger partial charge in [-0.3, -0.25) is 4.90 Å². The molecule has 2 heterocycles. The first kappa shape index (κ1) is 13.1. The second-order valence-corrected chi connectivity index (χ2v) is 5.17. The summed E-state index contributed by atoms with van der Waals surface area (Å²) >= 11 is 0. The summed E-state index contributed by atoms with van der Waals surface area (Å²) in [5, 5.41) is 3.43. The lowest BCUT2D eigenvalue weighted by molar-refractivity contribution is -0.140. The number of hydrogen-bond acceptors (Lipinski definition) is 2. The summed E-state index contributed by atoms with van der Waals surface area (Å²) in [4.78, 5) is 2.06. The molecule has 100 valence electrons. The van der Waals surface area contributed by atoms with Crippen LogP contribution in [0.15, 0.2) is 0 Å². The maximum atomic E-state index is 12.3. The molecule has 0 bridgehead atoms. The molecule has 0 aromatic carbocycles. The van der Waals surface area contributed by atoms with Crippen molar-refractivity contribution in [1.82, 2.24) is 10.2 Å². The van der Waals surface area contributed by atoms with Gasteiger partial charge in [-0.15, -0.1) is 0 Å². The van der Waals surface area contributed by atoms with Gasteiger partial charge in [0.2, 0.25) is 0 Å². The topological polar surface area (TPSA) is 15.3 Å². The Labute approximate surface area is 101 Å². The van der Waals surface area contributed by atoms with Crippen molar-refractivity contribution in [2.24, 2.45) is 0 Å². The molecule has 0 spiro atoms. The summed E-state index contributed by atoms with van der Waals surface area (Å²) in [6.45, 7) is 2.03. The lowest BCUT2D eigenvalue weighted by Gasteiger charge is -2.39. The zero-order valence-corrected chi connectivity index (χ0v) is 10.1. The molecular weight excluding hydrogens is 229 g/mol. The van der Waals surface area contributed by atoms with Crippen LogP contribution < -0.4 is 5.32 Å². The normalized spacial score (nSPS) is 31.9. The van der Waals surface area contributed by atoms with Crippen molar-refractivity contribution in [2.45, 2.75) is 56.8 Å². The Morgan fingerprint density at radius 2 is 1.94 bits per heavy atom. The fourth-order valence-corrected chi connectivity index (χ4v) is 3.06. The average Bonchev–Trinajstić information content (AvgIpc) is 2.79. The number of nitrogens with zero attached hydrogens (tertiary/aromatic N) is 1. The van der Waals surface area contributed by atoms with Gasteiger partial charge >= 0.3 is 6.18 Å². The summed E-state index contributed by atoms with van der Waals surface area (Å²) in [5.41, 5.74) is 0. The fourth-order valence-electron chi connectivity index (χ4n) is 3.06. The van der Waals surface area contributed by atoms with Gasteiger partial charge in [-0.05, 0) is 38.8 Å². The van der Waals surface area contributed by atoms with Crippen molar-refractivity contribution >= 4 is 0 Å². The molecule has 2 atom stereocenters. The Bertz CT molecular complexity index is 236. The van der Waals surface area contributed by atoms with E-state index in [1.807, 2.05) is 0 Å². The first-order valence-electron chi connectivity index (χ1n) is 6.60. The van der Waals surface area contributed by atoms with Crippen molar-refractivity contribution < 1.29 is 13.2 Å². The van der Waals surface area contributed by atoms with Gasteiger partial charge in [0.15, 0.2) is 0 Å². The van der Waals surface area contributed by atoms with E-state index in [0.717, 1.165) is 45.2 Å². The van der Waals surface area contributed by atoms with Crippen LogP contribution in [0, 0.1) is 0 Å². The van der Waals surface area contributed by atoms with Crippen molar-refractivity contribution in [3.05, 3.63) is 0 Å². The number of hydrogen-bond donors (Lipinski definition) is 1. The van der Waals surface area contributed by atoms with E-state index in [2.05, 4.69) is 10.2 Å². The molecule has 0 aromatic rings. The molecule has 0 aliphatic carbocycles. The van der Waals surface area contributed by atoms with Crippen LogP contribution in [0.5, 0.6) is 0 Å². The minimum absolute atomic E-state index is 0.173. The van der Waals surface area contributed by atoms with E-state index in [0.29, 0.717) is 12.1 Å². The van der Waals surface area contributed by atoms with E-state index in [1.165, 1.54) is 0 Å². The minimum Gasteiger partial charge on any atom is -0.312 e. The third kappa shape index (κ3) is 3.85. The largest absolute Gasteiger partial charge is 0.390 e. The van der Waals surface area contributed by atoms with Gasteiger partial charge in [-0.2, -0.15) is 13.2 Å². The number of nitrogens with one attached hydrogen (secondary N) is 1. The van der Waals surface area contributed by atoms with Gasteiger partial charge in [-0.25, -0.2) is 0 Å². The van der Waals surface area contributed by atoms with E-state index >= 15 is 0 Å². The maximum Gasteiger partial charge on any atom is 0.390 e. The van der Waals surface area contributed by atoms with Crippen molar-refractivity contribution in [3.63, 3.8) is 0 Å². The monoisotopic (exact) mass is 250 g/mol. The van der Waals surface area contributed by atoms with Gasteiger partial charge in [0.05, 0.1) is 6.42 Å².